The number of thiazole rings is 1. The van der Waals surface area contributed by atoms with E-state index in [2.05, 4.69) is 10.3 Å². The van der Waals surface area contributed by atoms with Gasteiger partial charge in [-0.25, -0.2) is 22.6 Å². The molecular formula is C24H28FN3O4S2. The van der Waals surface area contributed by atoms with Gasteiger partial charge in [-0.3, -0.25) is 0 Å². The molecule has 1 N–H and O–H groups in total. The van der Waals surface area contributed by atoms with E-state index in [1.54, 1.807) is 27.7 Å². The highest BCUT2D eigenvalue weighted by Gasteiger charge is 2.38. The van der Waals surface area contributed by atoms with Crippen molar-refractivity contribution in [3.63, 3.8) is 0 Å². The van der Waals surface area contributed by atoms with Crippen LogP contribution in [0.2, 0.25) is 0 Å². The van der Waals surface area contributed by atoms with Crippen molar-refractivity contribution in [2.24, 2.45) is 0 Å². The Hall–Kier alpha value is -2.98. The van der Waals surface area contributed by atoms with E-state index in [-0.39, 0.29) is 5.82 Å². The second-order valence-corrected chi connectivity index (χ2v) is 11.4. The molecule has 0 saturated heterocycles. The van der Waals surface area contributed by atoms with Crippen LogP contribution < -0.4 is 9.62 Å². The molecule has 34 heavy (non-hydrogen) atoms. The van der Waals surface area contributed by atoms with E-state index in [9.17, 15) is 13.2 Å². The summed E-state index contributed by atoms with van der Waals surface area (Å²) < 4.78 is 47.8. The van der Waals surface area contributed by atoms with Gasteiger partial charge in [-0.2, -0.15) is 0 Å². The van der Waals surface area contributed by atoms with Gasteiger partial charge in [0.25, 0.3) is 10.0 Å². The van der Waals surface area contributed by atoms with Gasteiger partial charge in [0.1, 0.15) is 16.3 Å². The van der Waals surface area contributed by atoms with E-state index in [1.807, 2.05) is 32.0 Å². The molecular weight excluding hydrogens is 477 g/mol. The van der Waals surface area contributed by atoms with Crippen LogP contribution in [0.25, 0.3) is 0 Å². The summed E-state index contributed by atoms with van der Waals surface area (Å²) in [5.41, 5.74) is 4.66. The summed E-state index contributed by atoms with van der Waals surface area (Å²) in [6.45, 7) is 10.9. The zero-order chi connectivity index (χ0) is 25.3. The standard InChI is InChI=1S/C24H28FN3O4S2/c1-15-8-7-9-16(2)18(15)12-26-20-11-19(25)21(10-17(20)3)34(30,31)28(22-13-33-14-27-22)23(29)32-24(4,5)6/h7-11,13-14,26H,12H2,1-6H3. The fraction of sp³-hybridized carbons (Fsp3) is 0.333. The molecule has 2 aromatic carbocycles. The van der Waals surface area contributed by atoms with Crippen LogP contribution in [0.3, 0.4) is 0 Å². The van der Waals surface area contributed by atoms with E-state index in [0.29, 0.717) is 22.1 Å². The number of amides is 1. The van der Waals surface area contributed by atoms with Gasteiger partial charge in [0.15, 0.2) is 5.82 Å². The van der Waals surface area contributed by atoms with Crippen LogP contribution in [0.5, 0.6) is 0 Å². The summed E-state index contributed by atoms with van der Waals surface area (Å²) in [5.74, 6) is -1.15. The highest BCUT2D eigenvalue weighted by molar-refractivity contribution is 7.93. The van der Waals surface area contributed by atoms with Crippen molar-refractivity contribution in [3.05, 3.63) is 69.3 Å². The maximum Gasteiger partial charge on any atom is 0.430 e. The molecule has 0 unspecified atom stereocenters. The first-order valence-electron chi connectivity index (χ1n) is 10.6. The predicted molar refractivity (Wildman–Crippen MR) is 132 cm³/mol. The molecule has 0 bridgehead atoms. The Bertz CT molecular complexity index is 1280. The summed E-state index contributed by atoms with van der Waals surface area (Å²) in [5, 5.41) is 4.57. The number of benzene rings is 2. The molecule has 0 atom stereocenters. The highest BCUT2D eigenvalue weighted by Crippen LogP contribution is 2.31. The van der Waals surface area contributed by atoms with Crippen molar-refractivity contribution in [2.45, 2.75) is 58.6 Å². The average Bonchev–Trinajstić information content (AvgIpc) is 3.22. The minimum Gasteiger partial charge on any atom is -0.443 e. The Labute approximate surface area is 203 Å². The van der Waals surface area contributed by atoms with Crippen molar-refractivity contribution in [1.82, 2.24) is 4.98 Å². The molecule has 0 fully saturated rings. The van der Waals surface area contributed by atoms with Gasteiger partial charge in [0.05, 0.1) is 5.51 Å². The number of nitrogens with zero attached hydrogens (tertiary/aromatic N) is 2. The molecule has 1 heterocycles. The number of halogens is 1. The molecule has 0 spiro atoms. The van der Waals surface area contributed by atoms with Crippen LogP contribution >= 0.6 is 11.3 Å². The second-order valence-electron chi connectivity index (χ2n) is 8.92. The van der Waals surface area contributed by atoms with Crippen molar-refractivity contribution in [1.29, 1.82) is 0 Å². The Kier molecular flexibility index (Phi) is 7.32. The summed E-state index contributed by atoms with van der Waals surface area (Å²) in [7, 11) is -4.65. The van der Waals surface area contributed by atoms with Gasteiger partial charge >= 0.3 is 6.09 Å². The van der Waals surface area contributed by atoms with Crippen molar-refractivity contribution in [2.75, 3.05) is 9.62 Å². The topological polar surface area (TPSA) is 88.6 Å². The lowest BCUT2D eigenvalue weighted by atomic mass is 10.0. The Morgan fingerprint density at radius 3 is 2.35 bits per heavy atom. The third-order valence-corrected chi connectivity index (χ3v) is 7.34. The summed E-state index contributed by atoms with van der Waals surface area (Å²) >= 11 is 1.10. The molecule has 0 aliphatic rings. The molecule has 3 aromatic rings. The van der Waals surface area contributed by atoms with E-state index in [0.717, 1.165) is 34.1 Å². The molecule has 0 aliphatic heterocycles. The van der Waals surface area contributed by atoms with Gasteiger partial charge in [0.2, 0.25) is 0 Å². The van der Waals surface area contributed by atoms with Crippen LogP contribution in [-0.2, 0) is 21.3 Å². The van der Waals surface area contributed by atoms with Crippen LogP contribution in [0.4, 0.5) is 20.7 Å². The number of aromatic nitrogens is 1. The fourth-order valence-corrected chi connectivity index (χ4v) is 5.37. The Morgan fingerprint density at radius 1 is 1.15 bits per heavy atom. The van der Waals surface area contributed by atoms with Crippen LogP contribution in [0.1, 0.15) is 43.0 Å². The monoisotopic (exact) mass is 505 g/mol. The Morgan fingerprint density at radius 2 is 1.79 bits per heavy atom. The number of hydrogen-bond donors (Lipinski definition) is 1. The smallest absolute Gasteiger partial charge is 0.430 e. The average molecular weight is 506 g/mol. The minimum absolute atomic E-state index is 0.159. The van der Waals surface area contributed by atoms with E-state index in [1.165, 1.54) is 17.0 Å². The molecule has 0 radical (unpaired) electrons. The van der Waals surface area contributed by atoms with Crippen LogP contribution in [0, 0.1) is 26.6 Å². The van der Waals surface area contributed by atoms with Crippen molar-refractivity contribution < 1.29 is 22.3 Å². The Balaban J connectivity index is 1.97. The molecule has 3 rings (SSSR count). The number of aryl methyl sites for hydroxylation is 3. The first-order valence-corrected chi connectivity index (χ1v) is 12.9. The van der Waals surface area contributed by atoms with Gasteiger partial charge in [-0.05, 0) is 75.9 Å². The number of carbonyl (C=O) groups is 1. The number of nitrogens with one attached hydrogen (secondary N) is 1. The molecule has 0 aliphatic carbocycles. The van der Waals surface area contributed by atoms with Crippen molar-refractivity contribution in [3.8, 4) is 0 Å². The fourth-order valence-electron chi connectivity index (χ4n) is 3.38. The first kappa shape index (κ1) is 25.6. The lowest BCUT2D eigenvalue weighted by molar-refractivity contribution is 0.0608. The maximum absolute atomic E-state index is 15.2. The zero-order valence-electron chi connectivity index (χ0n) is 20.0. The van der Waals surface area contributed by atoms with Crippen molar-refractivity contribution >= 4 is 39.0 Å². The maximum atomic E-state index is 15.2. The number of hydrogen-bond acceptors (Lipinski definition) is 7. The van der Waals surface area contributed by atoms with Gasteiger partial charge in [-0.1, -0.05) is 18.2 Å². The SMILES string of the molecule is Cc1cc(S(=O)(=O)N(C(=O)OC(C)(C)C)c2cscn2)c(F)cc1NCc1c(C)cccc1C. The number of sulfonamides is 1. The number of anilines is 2. The molecule has 1 amide bonds. The summed E-state index contributed by atoms with van der Waals surface area (Å²) in [6, 6.07) is 8.30. The summed E-state index contributed by atoms with van der Waals surface area (Å²) in [4.78, 5) is 16.1. The number of ether oxygens (including phenoxy) is 1. The first-order chi connectivity index (χ1) is 15.8. The molecule has 0 saturated carbocycles. The predicted octanol–water partition coefficient (Wildman–Crippen LogP) is 5.95. The lowest BCUT2D eigenvalue weighted by Gasteiger charge is -2.26. The number of carbonyl (C=O) groups excluding carboxylic acids is 1. The molecule has 10 heteroatoms. The van der Waals surface area contributed by atoms with E-state index >= 15 is 4.39 Å². The molecule has 182 valence electrons. The molecule has 1 aromatic heterocycles. The van der Waals surface area contributed by atoms with Gasteiger partial charge < -0.3 is 10.1 Å². The van der Waals surface area contributed by atoms with Gasteiger partial charge in [0, 0.05) is 17.6 Å². The molecule has 7 nitrogen and oxygen atoms in total. The van der Waals surface area contributed by atoms with E-state index < -0.39 is 32.4 Å². The largest absolute Gasteiger partial charge is 0.443 e. The normalized spacial score (nSPS) is 11.9. The van der Waals surface area contributed by atoms with Crippen LogP contribution in [-0.4, -0.2) is 25.1 Å². The highest BCUT2D eigenvalue weighted by atomic mass is 32.2. The zero-order valence-corrected chi connectivity index (χ0v) is 21.6. The van der Waals surface area contributed by atoms with E-state index in [4.69, 9.17) is 4.74 Å². The lowest BCUT2D eigenvalue weighted by Crippen LogP contribution is -2.41. The second kappa shape index (κ2) is 9.71. The van der Waals surface area contributed by atoms with Crippen LogP contribution in [0.15, 0.2) is 46.1 Å². The quantitative estimate of drug-likeness (QED) is 0.445. The third-order valence-electron chi connectivity index (χ3n) is 5.08. The van der Waals surface area contributed by atoms with Gasteiger partial charge in [-0.15, -0.1) is 15.6 Å². The third kappa shape index (κ3) is 5.56. The minimum atomic E-state index is -4.65. The summed E-state index contributed by atoms with van der Waals surface area (Å²) in [6.07, 6.45) is -1.16. The number of rotatable bonds is 6.